The average molecular weight is 423 g/mol. The summed E-state index contributed by atoms with van der Waals surface area (Å²) < 4.78 is 7.25. The minimum Gasteiger partial charge on any atom is -0.494 e. The molecule has 0 aliphatic heterocycles. The first-order chi connectivity index (χ1) is 14.2. The van der Waals surface area contributed by atoms with Crippen LogP contribution in [0.4, 0.5) is 0 Å². The molecule has 1 heterocycles. The third-order valence-corrected chi connectivity index (χ3v) is 6.00. The molecule has 4 rings (SSSR count). The van der Waals surface area contributed by atoms with Crippen molar-refractivity contribution in [3.8, 4) is 11.4 Å². The molecule has 3 aromatic carbocycles. The molecule has 146 valence electrons. The van der Waals surface area contributed by atoms with Crippen molar-refractivity contribution in [1.29, 1.82) is 0 Å². The molecule has 0 aliphatic rings. The average Bonchev–Trinajstić information content (AvgIpc) is 3.21. The van der Waals surface area contributed by atoms with Gasteiger partial charge in [-0.15, -0.1) is 5.10 Å². The van der Waals surface area contributed by atoms with Crippen molar-refractivity contribution in [2.75, 3.05) is 7.11 Å². The van der Waals surface area contributed by atoms with E-state index in [0.29, 0.717) is 15.9 Å². The summed E-state index contributed by atoms with van der Waals surface area (Å²) >= 11 is 7.68. The highest BCUT2D eigenvalue weighted by Gasteiger charge is 2.21. The normalized spacial score (nSPS) is 12.0. The zero-order valence-electron chi connectivity index (χ0n) is 16.0. The van der Waals surface area contributed by atoms with E-state index in [9.17, 15) is 0 Å². The first kappa shape index (κ1) is 19.5. The van der Waals surface area contributed by atoms with E-state index in [2.05, 4.69) is 27.7 Å². The van der Waals surface area contributed by atoms with Crippen LogP contribution in [0.5, 0.6) is 5.75 Å². The predicted octanol–water partition coefficient (Wildman–Crippen LogP) is 5.51. The third-order valence-electron chi connectivity index (χ3n) is 4.50. The highest BCUT2D eigenvalue weighted by atomic mass is 35.5. The van der Waals surface area contributed by atoms with Crippen LogP contribution in [0.2, 0.25) is 5.02 Å². The van der Waals surface area contributed by atoms with Crippen molar-refractivity contribution in [1.82, 2.24) is 20.2 Å². The van der Waals surface area contributed by atoms with Gasteiger partial charge in [0, 0.05) is 5.02 Å². The first-order valence-corrected chi connectivity index (χ1v) is 10.3. The number of thioether (sulfide) groups is 1. The van der Waals surface area contributed by atoms with E-state index in [1.807, 2.05) is 67.6 Å². The summed E-state index contributed by atoms with van der Waals surface area (Å²) in [5, 5.41) is 13.8. The summed E-state index contributed by atoms with van der Waals surface area (Å²) in [5.41, 5.74) is 4.19. The Kier molecular flexibility index (Phi) is 5.83. The number of halogens is 1. The molecular weight excluding hydrogens is 404 g/mol. The predicted molar refractivity (Wildman–Crippen MR) is 116 cm³/mol. The lowest BCUT2D eigenvalue weighted by Crippen LogP contribution is -2.04. The van der Waals surface area contributed by atoms with Crippen LogP contribution in [-0.2, 0) is 0 Å². The van der Waals surface area contributed by atoms with E-state index in [1.165, 1.54) is 0 Å². The lowest BCUT2D eigenvalue weighted by Gasteiger charge is -2.18. The Morgan fingerprint density at radius 1 is 0.966 bits per heavy atom. The van der Waals surface area contributed by atoms with Crippen LogP contribution in [-0.4, -0.2) is 27.3 Å². The van der Waals surface area contributed by atoms with Gasteiger partial charge in [0.1, 0.15) is 11.4 Å². The minimum atomic E-state index is 0.00835. The van der Waals surface area contributed by atoms with Crippen molar-refractivity contribution in [3.63, 3.8) is 0 Å². The van der Waals surface area contributed by atoms with Gasteiger partial charge in [0.2, 0.25) is 5.16 Å². The largest absolute Gasteiger partial charge is 0.494 e. The molecule has 0 saturated carbocycles. The first-order valence-electron chi connectivity index (χ1n) is 9.06. The number of ether oxygens (including phenoxy) is 1. The van der Waals surface area contributed by atoms with Gasteiger partial charge in [-0.25, -0.2) is 0 Å². The Labute approximate surface area is 178 Å². The van der Waals surface area contributed by atoms with E-state index in [1.54, 1.807) is 23.6 Å². The van der Waals surface area contributed by atoms with Gasteiger partial charge in [-0.1, -0.05) is 71.9 Å². The fourth-order valence-electron chi connectivity index (χ4n) is 3.07. The lowest BCUT2D eigenvalue weighted by atomic mass is 10.0. The zero-order valence-corrected chi connectivity index (χ0v) is 17.6. The molecule has 1 atom stereocenters. The highest BCUT2D eigenvalue weighted by molar-refractivity contribution is 7.99. The summed E-state index contributed by atoms with van der Waals surface area (Å²) in [6.45, 7) is 2.03. The van der Waals surface area contributed by atoms with E-state index in [4.69, 9.17) is 16.3 Å². The second kappa shape index (κ2) is 8.68. The molecule has 0 fully saturated rings. The van der Waals surface area contributed by atoms with Crippen molar-refractivity contribution in [2.24, 2.45) is 0 Å². The number of nitrogens with zero attached hydrogens (tertiary/aromatic N) is 4. The zero-order chi connectivity index (χ0) is 20.2. The molecule has 0 N–H and O–H groups in total. The van der Waals surface area contributed by atoms with Gasteiger partial charge in [0.25, 0.3) is 0 Å². The van der Waals surface area contributed by atoms with Crippen LogP contribution < -0.4 is 4.74 Å². The van der Waals surface area contributed by atoms with E-state index in [0.717, 1.165) is 22.4 Å². The molecule has 0 saturated heterocycles. The summed E-state index contributed by atoms with van der Waals surface area (Å²) in [5.74, 6) is 0.715. The van der Waals surface area contributed by atoms with Crippen LogP contribution in [0.1, 0.15) is 21.9 Å². The van der Waals surface area contributed by atoms with Crippen LogP contribution >= 0.6 is 23.4 Å². The molecule has 0 radical (unpaired) electrons. The Bertz CT molecular complexity index is 1100. The molecule has 7 heteroatoms. The van der Waals surface area contributed by atoms with Crippen molar-refractivity contribution in [2.45, 2.75) is 17.3 Å². The highest BCUT2D eigenvalue weighted by Crippen LogP contribution is 2.40. The van der Waals surface area contributed by atoms with Gasteiger partial charge >= 0.3 is 0 Å². The Hall–Kier alpha value is -2.83. The number of rotatable bonds is 6. The number of aromatic nitrogens is 4. The molecule has 5 nitrogen and oxygen atoms in total. The Morgan fingerprint density at radius 2 is 1.69 bits per heavy atom. The van der Waals surface area contributed by atoms with Crippen LogP contribution in [0.3, 0.4) is 0 Å². The number of hydrogen-bond acceptors (Lipinski definition) is 5. The van der Waals surface area contributed by atoms with Crippen molar-refractivity contribution in [3.05, 3.63) is 94.5 Å². The summed E-state index contributed by atoms with van der Waals surface area (Å²) in [6, 6.07) is 24.1. The molecule has 1 aromatic heterocycles. The smallest absolute Gasteiger partial charge is 0.215 e. The fourth-order valence-corrected chi connectivity index (χ4v) is 4.31. The molecule has 0 spiro atoms. The van der Waals surface area contributed by atoms with Crippen molar-refractivity contribution < 1.29 is 4.74 Å². The molecule has 0 aliphatic carbocycles. The minimum absolute atomic E-state index is 0.00835. The van der Waals surface area contributed by atoms with Gasteiger partial charge in [0.05, 0.1) is 12.4 Å². The van der Waals surface area contributed by atoms with Gasteiger partial charge in [-0.2, -0.15) is 4.68 Å². The number of hydrogen-bond donors (Lipinski definition) is 0. The number of aryl methyl sites for hydroxylation is 1. The topological polar surface area (TPSA) is 52.8 Å². The summed E-state index contributed by atoms with van der Waals surface area (Å²) in [7, 11) is 1.64. The number of benzene rings is 3. The van der Waals surface area contributed by atoms with E-state index >= 15 is 0 Å². The quantitative estimate of drug-likeness (QED) is 0.383. The maximum absolute atomic E-state index is 6.10. The molecule has 1 unspecified atom stereocenters. The van der Waals surface area contributed by atoms with Gasteiger partial charge in [-0.05, 0) is 58.3 Å². The molecule has 29 heavy (non-hydrogen) atoms. The standard InChI is InChI=1S/C22H19ClN4OS/c1-15-8-13-20(28-2)19(14-15)27-22(24-25-26-27)29-21(16-6-4-3-5-7-16)17-9-11-18(23)12-10-17/h3-14,21H,1-2H3. The third kappa shape index (κ3) is 4.28. The molecule has 0 bridgehead atoms. The van der Waals surface area contributed by atoms with E-state index in [-0.39, 0.29) is 5.25 Å². The SMILES string of the molecule is COc1ccc(C)cc1-n1nnnc1SC(c1ccccc1)c1ccc(Cl)cc1. The maximum atomic E-state index is 6.10. The second-order valence-corrected chi connectivity index (χ2v) is 8.02. The monoisotopic (exact) mass is 422 g/mol. The molecular formula is C22H19ClN4OS. The van der Waals surface area contributed by atoms with Crippen LogP contribution in [0, 0.1) is 6.92 Å². The van der Waals surface area contributed by atoms with Gasteiger partial charge < -0.3 is 4.74 Å². The fraction of sp³-hybridized carbons (Fsp3) is 0.136. The lowest BCUT2D eigenvalue weighted by molar-refractivity contribution is 0.410. The van der Waals surface area contributed by atoms with Crippen LogP contribution in [0.25, 0.3) is 5.69 Å². The van der Waals surface area contributed by atoms with Crippen molar-refractivity contribution >= 4 is 23.4 Å². The van der Waals surface area contributed by atoms with Gasteiger partial charge in [-0.3, -0.25) is 0 Å². The summed E-state index contributed by atoms with van der Waals surface area (Å²) in [6.07, 6.45) is 0. The second-order valence-electron chi connectivity index (χ2n) is 6.51. The molecule has 0 amide bonds. The van der Waals surface area contributed by atoms with Crippen LogP contribution in [0.15, 0.2) is 78.0 Å². The Balaban J connectivity index is 1.76. The van der Waals surface area contributed by atoms with E-state index < -0.39 is 0 Å². The number of methoxy groups -OCH3 is 1. The van der Waals surface area contributed by atoms with Gasteiger partial charge in [0.15, 0.2) is 0 Å². The summed E-state index contributed by atoms with van der Waals surface area (Å²) in [4.78, 5) is 0. The number of tetrazole rings is 1. The Morgan fingerprint density at radius 3 is 2.41 bits per heavy atom. The maximum Gasteiger partial charge on any atom is 0.215 e. The molecule has 4 aromatic rings.